The third-order valence-electron chi connectivity index (χ3n) is 1.90. The van der Waals surface area contributed by atoms with Crippen LogP contribution < -0.4 is 0 Å². The Bertz CT molecular complexity index is 314. The molecular formula is C10H14N2O2. The molecule has 1 aromatic rings. The van der Waals surface area contributed by atoms with Gasteiger partial charge in [-0.05, 0) is 19.2 Å². The van der Waals surface area contributed by atoms with Crippen LogP contribution in [-0.4, -0.2) is 23.6 Å². The van der Waals surface area contributed by atoms with Crippen LogP contribution in [0.25, 0.3) is 0 Å². The Kier molecular flexibility index (Phi) is 4.17. The van der Waals surface area contributed by atoms with Crippen LogP contribution in [0, 0.1) is 11.3 Å². The molecule has 1 aromatic heterocycles. The zero-order chi connectivity index (χ0) is 10.4. The molecule has 76 valence electrons. The lowest BCUT2D eigenvalue weighted by molar-refractivity contribution is 0.233. The van der Waals surface area contributed by atoms with E-state index in [1.165, 1.54) is 0 Å². The highest BCUT2D eigenvalue weighted by Crippen LogP contribution is 2.09. The van der Waals surface area contributed by atoms with E-state index < -0.39 is 0 Å². The van der Waals surface area contributed by atoms with Gasteiger partial charge in [-0.2, -0.15) is 5.26 Å². The predicted molar refractivity (Wildman–Crippen MR) is 51.2 cm³/mol. The predicted octanol–water partition coefficient (Wildman–Crippen LogP) is 1.12. The van der Waals surface area contributed by atoms with E-state index in [1.54, 1.807) is 6.07 Å². The molecule has 0 radical (unpaired) electrons. The molecule has 0 saturated carbocycles. The smallest absolute Gasteiger partial charge is 0.129 e. The van der Waals surface area contributed by atoms with E-state index in [4.69, 9.17) is 14.8 Å². The maximum Gasteiger partial charge on any atom is 0.129 e. The van der Waals surface area contributed by atoms with Crippen LogP contribution in [0.4, 0.5) is 0 Å². The van der Waals surface area contributed by atoms with Gasteiger partial charge in [0.05, 0.1) is 12.6 Å². The van der Waals surface area contributed by atoms with Crippen LogP contribution in [0.5, 0.6) is 0 Å². The van der Waals surface area contributed by atoms with E-state index in [-0.39, 0.29) is 6.61 Å². The molecule has 1 N–H and O–H groups in total. The third-order valence-corrected chi connectivity index (χ3v) is 1.90. The Balaban J connectivity index is 2.40. The molecule has 0 amide bonds. The summed E-state index contributed by atoms with van der Waals surface area (Å²) in [6.45, 7) is 1.33. The van der Waals surface area contributed by atoms with Crippen molar-refractivity contribution in [2.75, 3.05) is 13.6 Å². The van der Waals surface area contributed by atoms with Gasteiger partial charge in [0.1, 0.15) is 18.1 Å². The second-order valence-electron chi connectivity index (χ2n) is 3.17. The first-order valence-corrected chi connectivity index (χ1v) is 4.50. The Morgan fingerprint density at radius 3 is 2.79 bits per heavy atom. The highest BCUT2D eigenvalue weighted by molar-refractivity contribution is 5.06. The molecule has 14 heavy (non-hydrogen) atoms. The standard InChI is InChI=1S/C10H14N2O2/c1-12(6-2-5-11)7-9-3-4-10(8-13)14-9/h3-4,13H,2,6-8H2,1H3. The second-order valence-corrected chi connectivity index (χ2v) is 3.17. The van der Waals surface area contributed by atoms with Gasteiger partial charge in [-0.1, -0.05) is 0 Å². The van der Waals surface area contributed by atoms with Crippen molar-refractivity contribution in [3.8, 4) is 6.07 Å². The van der Waals surface area contributed by atoms with Gasteiger partial charge in [0.25, 0.3) is 0 Å². The van der Waals surface area contributed by atoms with Crippen molar-refractivity contribution in [1.29, 1.82) is 5.26 Å². The fourth-order valence-electron chi connectivity index (χ4n) is 1.18. The summed E-state index contributed by atoms with van der Waals surface area (Å²) in [6.07, 6.45) is 0.518. The minimum Gasteiger partial charge on any atom is -0.462 e. The van der Waals surface area contributed by atoms with Crippen molar-refractivity contribution in [1.82, 2.24) is 4.90 Å². The lowest BCUT2D eigenvalue weighted by atomic mass is 10.3. The highest BCUT2D eigenvalue weighted by atomic mass is 16.4. The topological polar surface area (TPSA) is 60.4 Å². The molecule has 1 heterocycles. The average Bonchev–Trinajstić information content (AvgIpc) is 2.62. The first-order chi connectivity index (χ1) is 6.76. The summed E-state index contributed by atoms with van der Waals surface area (Å²) < 4.78 is 5.31. The number of hydrogen-bond acceptors (Lipinski definition) is 4. The van der Waals surface area contributed by atoms with Crippen LogP contribution in [0.1, 0.15) is 17.9 Å². The number of furan rings is 1. The molecule has 0 aliphatic carbocycles. The minimum atomic E-state index is -0.0675. The Morgan fingerprint density at radius 2 is 2.21 bits per heavy atom. The van der Waals surface area contributed by atoms with Crippen LogP contribution >= 0.6 is 0 Å². The molecule has 0 spiro atoms. The van der Waals surface area contributed by atoms with E-state index in [1.807, 2.05) is 18.0 Å². The van der Waals surface area contributed by atoms with Crippen molar-refractivity contribution in [2.24, 2.45) is 0 Å². The van der Waals surface area contributed by atoms with Crippen LogP contribution in [0.15, 0.2) is 16.5 Å². The fraction of sp³-hybridized carbons (Fsp3) is 0.500. The largest absolute Gasteiger partial charge is 0.462 e. The molecule has 4 nitrogen and oxygen atoms in total. The Morgan fingerprint density at radius 1 is 1.50 bits per heavy atom. The maximum atomic E-state index is 8.78. The van der Waals surface area contributed by atoms with Crippen molar-refractivity contribution >= 4 is 0 Å². The molecule has 4 heteroatoms. The van der Waals surface area contributed by atoms with E-state index in [0.717, 1.165) is 12.3 Å². The number of aliphatic hydroxyl groups is 1. The van der Waals surface area contributed by atoms with Crippen LogP contribution in [0.3, 0.4) is 0 Å². The molecule has 0 aliphatic heterocycles. The van der Waals surface area contributed by atoms with Crippen molar-refractivity contribution < 1.29 is 9.52 Å². The molecular weight excluding hydrogens is 180 g/mol. The molecule has 0 aromatic carbocycles. The molecule has 0 aliphatic rings. The monoisotopic (exact) mass is 194 g/mol. The fourth-order valence-corrected chi connectivity index (χ4v) is 1.18. The number of hydrogen-bond donors (Lipinski definition) is 1. The van der Waals surface area contributed by atoms with Gasteiger partial charge in [-0.15, -0.1) is 0 Å². The maximum absolute atomic E-state index is 8.78. The van der Waals surface area contributed by atoms with Gasteiger partial charge in [-0.25, -0.2) is 0 Å². The first kappa shape index (κ1) is 10.8. The van der Waals surface area contributed by atoms with E-state index >= 15 is 0 Å². The van der Waals surface area contributed by atoms with Crippen LogP contribution in [0.2, 0.25) is 0 Å². The summed E-state index contributed by atoms with van der Waals surface area (Å²) in [4.78, 5) is 2.00. The third kappa shape index (κ3) is 3.21. The molecule has 0 unspecified atom stereocenters. The van der Waals surface area contributed by atoms with Crippen molar-refractivity contribution in [3.63, 3.8) is 0 Å². The Labute approximate surface area is 83.4 Å². The molecule has 1 rings (SSSR count). The number of nitrogens with zero attached hydrogens (tertiary/aromatic N) is 2. The van der Waals surface area contributed by atoms with Crippen molar-refractivity contribution in [2.45, 2.75) is 19.6 Å². The van der Waals surface area contributed by atoms with E-state index in [0.29, 0.717) is 18.7 Å². The summed E-state index contributed by atoms with van der Waals surface area (Å²) in [6, 6.07) is 5.69. The van der Waals surface area contributed by atoms with Gasteiger partial charge < -0.3 is 9.52 Å². The quantitative estimate of drug-likeness (QED) is 0.763. The van der Waals surface area contributed by atoms with Crippen LogP contribution in [-0.2, 0) is 13.2 Å². The van der Waals surface area contributed by atoms with Gasteiger partial charge in [0, 0.05) is 13.0 Å². The molecule has 0 atom stereocenters. The summed E-state index contributed by atoms with van der Waals surface area (Å²) in [5.74, 6) is 1.39. The van der Waals surface area contributed by atoms with Gasteiger partial charge >= 0.3 is 0 Å². The number of nitriles is 1. The van der Waals surface area contributed by atoms with E-state index in [9.17, 15) is 0 Å². The second kappa shape index (κ2) is 5.43. The van der Waals surface area contributed by atoms with Crippen molar-refractivity contribution in [3.05, 3.63) is 23.7 Å². The first-order valence-electron chi connectivity index (χ1n) is 4.50. The highest BCUT2D eigenvalue weighted by Gasteiger charge is 2.04. The summed E-state index contributed by atoms with van der Waals surface area (Å²) in [5.41, 5.74) is 0. The lowest BCUT2D eigenvalue weighted by Crippen LogP contribution is -2.18. The summed E-state index contributed by atoms with van der Waals surface area (Å²) in [5, 5.41) is 17.2. The number of rotatable bonds is 5. The number of aliphatic hydroxyl groups excluding tert-OH is 1. The zero-order valence-electron chi connectivity index (χ0n) is 8.23. The van der Waals surface area contributed by atoms with Gasteiger partial charge in [0.2, 0.25) is 0 Å². The summed E-state index contributed by atoms with van der Waals surface area (Å²) in [7, 11) is 1.93. The average molecular weight is 194 g/mol. The lowest BCUT2D eigenvalue weighted by Gasteiger charge is -2.12. The minimum absolute atomic E-state index is 0.0675. The normalized spacial score (nSPS) is 10.4. The van der Waals surface area contributed by atoms with E-state index in [2.05, 4.69) is 6.07 Å². The molecule has 0 bridgehead atoms. The SMILES string of the molecule is CN(CCC#N)Cc1ccc(CO)o1. The zero-order valence-corrected chi connectivity index (χ0v) is 8.23. The summed E-state index contributed by atoms with van der Waals surface area (Å²) >= 11 is 0. The van der Waals surface area contributed by atoms with Gasteiger partial charge in [-0.3, -0.25) is 4.90 Å². The Hall–Kier alpha value is -1.31. The van der Waals surface area contributed by atoms with Gasteiger partial charge in [0.15, 0.2) is 0 Å². The molecule has 0 saturated heterocycles. The molecule has 0 fully saturated rings.